The van der Waals surface area contributed by atoms with Crippen molar-refractivity contribution in [1.82, 2.24) is 10.6 Å². The van der Waals surface area contributed by atoms with Crippen LogP contribution in [0.15, 0.2) is 41.3 Å². The van der Waals surface area contributed by atoms with Gasteiger partial charge in [0.2, 0.25) is 5.91 Å². The summed E-state index contributed by atoms with van der Waals surface area (Å²) in [6.45, 7) is 7.01. The molecule has 0 fully saturated rings. The van der Waals surface area contributed by atoms with Crippen molar-refractivity contribution in [1.29, 1.82) is 0 Å². The van der Waals surface area contributed by atoms with Crippen molar-refractivity contribution in [3.05, 3.63) is 36.3 Å². The van der Waals surface area contributed by atoms with E-state index in [0.29, 0.717) is 11.5 Å². The number of amidine groups is 1. The van der Waals surface area contributed by atoms with Crippen LogP contribution in [0.3, 0.4) is 0 Å². The minimum absolute atomic E-state index is 0.102. The Morgan fingerprint density at radius 2 is 2.36 bits per heavy atom. The van der Waals surface area contributed by atoms with Gasteiger partial charge in [0.15, 0.2) is 0 Å². The van der Waals surface area contributed by atoms with Gasteiger partial charge in [-0.2, -0.15) is 0 Å². The number of carbonyl (C=O) groups excluding carboxylic acids is 1. The van der Waals surface area contributed by atoms with E-state index in [1.54, 1.807) is 19.3 Å². The molecular weight excluding hydrogens is 178 g/mol. The molecule has 0 radical (unpaired) electrons. The summed E-state index contributed by atoms with van der Waals surface area (Å²) >= 11 is 0. The Bertz CT molecular complexity index is 350. The molecule has 0 aromatic heterocycles. The lowest BCUT2D eigenvalue weighted by molar-refractivity contribution is -0.118. The van der Waals surface area contributed by atoms with Crippen molar-refractivity contribution in [2.75, 3.05) is 0 Å². The third kappa shape index (κ3) is 2.90. The third-order valence-electron chi connectivity index (χ3n) is 1.57. The molecule has 0 saturated heterocycles. The van der Waals surface area contributed by atoms with Gasteiger partial charge >= 0.3 is 0 Å². The molecule has 1 amide bonds. The van der Waals surface area contributed by atoms with Crippen LogP contribution < -0.4 is 10.6 Å². The highest BCUT2D eigenvalue weighted by atomic mass is 16.1. The summed E-state index contributed by atoms with van der Waals surface area (Å²) < 4.78 is 0. The van der Waals surface area contributed by atoms with Crippen LogP contribution in [0.25, 0.3) is 0 Å². The van der Waals surface area contributed by atoms with Crippen LogP contribution in [-0.4, -0.2) is 11.7 Å². The fourth-order valence-electron chi connectivity index (χ4n) is 0.984. The first kappa shape index (κ1) is 10.2. The molecular formula is C10H13N3O. The maximum absolute atomic E-state index is 10.7. The van der Waals surface area contributed by atoms with Crippen LogP contribution in [0, 0.1) is 0 Å². The molecule has 1 rings (SSSR count). The Hall–Kier alpha value is -1.84. The Morgan fingerprint density at radius 3 is 2.86 bits per heavy atom. The molecule has 4 heteroatoms. The van der Waals surface area contributed by atoms with Crippen LogP contribution in [0.5, 0.6) is 0 Å². The van der Waals surface area contributed by atoms with E-state index >= 15 is 0 Å². The van der Waals surface area contributed by atoms with Crippen molar-refractivity contribution in [3.8, 4) is 0 Å². The molecule has 74 valence electrons. The molecule has 0 aromatic carbocycles. The highest BCUT2D eigenvalue weighted by Crippen LogP contribution is 2.02. The molecule has 2 N–H and O–H groups in total. The van der Waals surface area contributed by atoms with Crippen LogP contribution in [0.4, 0.5) is 0 Å². The number of hydrogen-bond donors (Lipinski definition) is 2. The maximum Gasteiger partial charge on any atom is 0.221 e. The second-order valence-electron chi connectivity index (χ2n) is 2.97. The molecule has 14 heavy (non-hydrogen) atoms. The van der Waals surface area contributed by atoms with Crippen molar-refractivity contribution < 1.29 is 4.79 Å². The van der Waals surface area contributed by atoms with Crippen LogP contribution in [-0.2, 0) is 4.79 Å². The summed E-state index contributed by atoms with van der Waals surface area (Å²) in [5.41, 5.74) is 1.53. The van der Waals surface area contributed by atoms with E-state index in [1.807, 2.05) is 6.08 Å². The molecule has 4 nitrogen and oxygen atoms in total. The summed E-state index contributed by atoms with van der Waals surface area (Å²) in [7, 11) is 0. The average molecular weight is 191 g/mol. The normalized spacial score (nSPS) is 18.6. The van der Waals surface area contributed by atoms with Gasteiger partial charge in [-0.15, -0.1) is 0 Å². The van der Waals surface area contributed by atoms with Crippen molar-refractivity contribution in [2.45, 2.75) is 13.8 Å². The van der Waals surface area contributed by atoms with Gasteiger partial charge in [-0.3, -0.25) is 4.79 Å². The largest absolute Gasteiger partial charge is 0.346 e. The van der Waals surface area contributed by atoms with Gasteiger partial charge < -0.3 is 10.6 Å². The lowest BCUT2D eigenvalue weighted by Crippen LogP contribution is -2.17. The zero-order chi connectivity index (χ0) is 10.6. The van der Waals surface area contributed by atoms with Gasteiger partial charge in [0.1, 0.15) is 5.84 Å². The van der Waals surface area contributed by atoms with E-state index in [4.69, 9.17) is 0 Å². The molecule has 0 atom stereocenters. The van der Waals surface area contributed by atoms with E-state index in [0.717, 1.165) is 5.57 Å². The Morgan fingerprint density at radius 1 is 1.64 bits per heavy atom. The predicted octanol–water partition coefficient (Wildman–Crippen LogP) is 1.06. The van der Waals surface area contributed by atoms with Crippen molar-refractivity contribution in [2.24, 2.45) is 4.99 Å². The van der Waals surface area contributed by atoms with Gasteiger partial charge in [0, 0.05) is 30.6 Å². The monoisotopic (exact) mass is 191 g/mol. The Labute approximate surface area is 83.1 Å². The standard InChI is InChI=1S/C10H13N3O/c1-7-4-5-11-10(7)12-6-8(2)13-9(3)14/h4-6H,1H2,2-3H3,(H,11,12)(H,13,14)/b8-6+. The predicted molar refractivity (Wildman–Crippen MR) is 56.4 cm³/mol. The molecule has 0 saturated carbocycles. The number of carbonyl (C=O) groups is 1. The first-order valence-electron chi connectivity index (χ1n) is 4.24. The lowest BCUT2D eigenvalue weighted by Gasteiger charge is -2.00. The molecule has 1 aliphatic heterocycles. The summed E-state index contributed by atoms with van der Waals surface area (Å²) in [5, 5.41) is 5.55. The topological polar surface area (TPSA) is 53.5 Å². The van der Waals surface area contributed by atoms with Gasteiger partial charge in [-0.25, -0.2) is 4.99 Å². The fraction of sp³-hybridized carbons (Fsp3) is 0.200. The van der Waals surface area contributed by atoms with E-state index in [-0.39, 0.29) is 5.91 Å². The highest BCUT2D eigenvalue weighted by molar-refractivity contribution is 6.03. The van der Waals surface area contributed by atoms with E-state index < -0.39 is 0 Å². The van der Waals surface area contributed by atoms with Crippen LogP contribution in [0.1, 0.15) is 13.8 Å². The minimum atomic E-state index is -0.102. The zero-order valence-corrected chi connectivity index (χ0v) is 8.29. The lowest BCUT2D eigenvalue weighted by atomic mass is 10.3. The molecule has 0 unspecified atom stereocenters. The molecule has 0 aromatic rings. The van der Waals surface area contributed by atoms with Gasteiger partial charge in [0.05, 0.1) is 0 Å². The van der Waals surface area contributed by atoms with Gasteiger partial charge in [-0.1, -0.05) is 6.58 Å². The maximum atomic E-state index is 10.7. The number of amides is 1. The molecule has 0 spiro atoms. The first-order valence-corrected chi connectivity index (χ1v) is 4.24. The average Bonchev–Trinajstić information content (AvgIpc) is 2.46. The van der Waals surface area contributed by atoms with Crippen molar-refractivity contribution in [3.63, 3.8) is 0 Å². The molecule has 1 aliphatic rings. The second kappa shape index (κ2) is 4.41. The zero-order valence-electron chi connectivity index (χ0n) is 8.29. The first-order chi connectivity index (χ1) is 6.59. The van der Waals surface area contributed by atoms with Crippen molar-refractivity contribution >= 4 is 11.7 Å². The smallest absolute Gasteiger partial charge is 0.221 e. The minimum Gasteiger partial charge on any atom is -0.346 e. The summed E-state index contributed by atoms with van der Waals surface area (Å²) in [6, 6.07) is 0. The van der Waals surface area contributed by atoms with E-state index in [9.17, 15) is 4.79 Å². The second-order valence-corrected chi connectivity index (χ2v) is 2.97. The summed E-state index contributed by atoms with van der Waals surface area (Å²) in [5.74, 6) is 0.602. The van der Waals surface area contributed by atoms with Crippen LogP contribution >= 0.6 is 0 Å². The molecule has 1 heterocycles. The quantitative estimate of drug-likeness (QED) is 0.685. The third-order valence-corrected chi connectivity index (χ3v) is 1.57. The number of nitrogens with zero attached hydrogens (tertiary/aromatic N) is 1. The van der Waals surface area contributed by atoms with E-state index in [2.05, 4.69) is 22.2 Å². The number of rotatable bonds is 2. The Kier molecular flexibility index (Phi) is 3.23. The number of aliphatic imine (C=N–C) groups is 1. The summed E-state index contributed by atoms with van der Waals surface area (Å²) in [4.78, 5) is 14.8. The highest BCUT2D eigenvalue weighted by Gasteiger charge is 2.03. The van der Waals surface area contributed by atoms with Crippen LogP contribution in [0.2, 0.25) is 0 Å². The number of allylic oxidation sites excluding steroid dienone is 1. The number of nitrogens with one attached hydrogen (secondary N) is 2. The molecule has 0 aliphatic carbocycles. The van der Waals surface area contributed by atoms with Gasteiger partial charge in [-0.05, 0) is 13.0 Å². The fourth-order valence-corrected chi connectivity index (χ4v) is 0.984. The number of hydrogen-bond acceptors (Lipinski definition) is 2. The van der Waals surface area contributed by atoms with Gasteiger partial charge in [0.25, 0.3) is 0 Å². The SMILES string of the molecule is C=C1C=CNC1=N/C=C(\C)NC(C)=O. The molecule has 0 bridgehead atoms. The Balaban J connectivity index is 2.61. The summed E-state index contributed by atoms with van der Waals surface area (Å²) in [6.07, 6.45) is 5.19. The van der Waals surface area contributed by atoms with E-state index in [1.165, 1.54) is 6.92 Å².